The SMILES string of the molecule is CCC1(C(=O)Oc2c(C(C)(C)C)cc(C)cc2C(C)(C)C)CC1. The van der Waals surface area contributed by atoms with Gasteiger partial charge in [-0.05, 0) is 37.0 Å². The molecule has 0 saturated heterocycles. The van der Waals surface area contributed by atoms with Crippen molar-refractivity contribution in [1.29, 1.82) is 0 Å². The zero-order valence-corrected chi connectivity index (χ0v) is 16.1. The van der Waals surface area contributed by atoms with E-state index in [9.17, 15) is 4.79 Å². The van der Waals surface area contributed by atoms with Gasteiger partial charge in [-0.15, -0.1) is 0 Å². The highest BCUT2D eigenvalue weighted by Gasteiger charge is 2.50. The maximum absolute atomic E-state index is 12.7. The lowest BCUT2D eigenvalue weighted by Gasteiger charge is -2.30. The zero-order chi connectivity index (χ0) is 17.6. The monoisotopic (exact) mass is 316 g/mol. The van der Waals surface area contributed by atoms with Crippen molar-refractivity contribution in [1.82, 2.24) is 0 Å². The quantitative estimate of drug-likeness (QED) is 0.529. The van der Waals surface area contributed by atoms with E-state index >= 15 is 0 Å². The molecule has 0 N–H and O–H groups in total. The first-order valence-electron chi connectivity index (χ1n) is 8.78. The Labute approximate surface area is 141 Å². The summed E-state index contributed by atoms with van der Waals surface area (Å²) >= 11 is 0. The minimum absolute atomic E-state index is 0.0418. The number of hydrogen-bond acceptors (Lipinski definition) is 2. The van der Waals surface area contributed by atoms with Crippen LogP contribution in [0.15, 0.2) is 12.1 Å². The summed E-state index contributed by atoms with van der Waals surface area (Å²) in [6.07, 6.45) is 2.79. The third kappa shape index (κ3) is 3.62. The molecule has 1 aliphatic rings. The predicted octanol–water partition coefficient (Wildman–Crippen LogP) is 5.69. The van der Waals surface area contributed by atoms with Gasteiger partial charge in [-0.3, -0.25) is 4.79 Å². The van der Waals surface area contributed by atoms with Gasteiger partial charge in [-0.25, -0.2) is 0 Å². The third-order valence-electron chi connectivity index (χ3n) is 5.01. The summed E-state index contributed by atoms with van der Waals surface area (Å²) in [4.78, 5) is 12.7. The normalized spacial score (nSPS) is 17.0. The van der Waals surface area contributed by atoms with E-state index in [2.05, 4.69) is 67.5 Å². The van der Waals surface area contributed by atoms with Gasteiger partial charge in [0.05, 0.1) is 5.41 Å². The van der Waals surface area contributed by atoms with Crippen LogP contribution in [0.4, 0.5) is 0 Å². The molecule has 0 aromatic heterocycles. The van der Waals surface area contributed by atoms with E-state index in [-0.39, 0.29) is 22.2 Å². The highest BCUT2D eigenvalue weighted by atomic mass is 16.5. The number of aryl methyl sites for hydroxylation is 1. The van der Waals surface area contributed by atoms with Gasteiger partial charge in [0.15, 0.2) is 0 Å². The molecular weight excluding hydrogens is 284 g/mol. The fourth-order valence-electron chi connectivity index (χ4n) is 3.05. The molecule has 2 nitrogen and oxygen atoms in total. The summed E-state index contributed by atoms with van der Waals surface area (Å²) in [6, 6.07) is 4.34. The second-order valence-electron chi connectivity index (χ2n) is 9.21. The lowest BCUT2D eigenvalue weighted by atomic mass is 9.78. The lowest BCUT2D eigenvalue weighted by molar-refractivity contribution is -0.140. The number of carbonyl (C=O) groups is 1. The van der Waals surface area contributed by atoms with Crippen LogP contribution in [-0.2, 0) is 15.6 Å². The highest BCUT2D eigenvalue weighted by Crippen LogP contribution is 2.51. The second kappa shape index (κ2) is 5.65. The summed E-state index contributed by atoms with van der Waals surface area (Å²) in [7, 11) is 0. The Hall–Kier alpha value is -1.31. The number of benzene rings is 1. The van der Waals surface area contributed by atoms with E-state index in [1.807, 2.05) is 0 Å². The summed E-state index contributed by atoms with van der Waals surface area (Å²) in [5.74, 6) is 0.750. The van der Waals surface area contributed by atoms with Crippen LogP contribution < -0.4 is 4.74 Å². The molecule has 0 heterocycles. The molecule has 0 bridgehead atoms. The molecule has 128 valence electrons. The van der Waals surface area contributed by atoms with E-state index in [1.165, 1.54) is 5.56 Å². The minimum Gasteiger partial charge on any atom is -0.425 e. The first-order chi connectivity index (χ1) is 10.4. The lowest BCUT2D eigenvalue weighted by Crippen LogP contribution is -2.26. The summed E-state index contributed by atoms with van der Waals surface area (Å²) in [5, 5.41) is 0. The maximum atomic E-state index is 12.7. The Kier molecular flexibility index (Phi) is 4.43. The van der Waals surface area contributed by atoms with Crippen LogP contribution in [-0.4, -0.2) is 5.97 Å². The fourth-order valence-corrected chi connectivity index (χ4v) is 3.05. The van der Waals surface area contributed by atoms with Crippen molar-refractivity contribution in [3.8, 4) is 5.75 Å². The van der Waals surface area contributed by atoms with E-state index in [1.54, 1.807) is 0 Å². The second-order valence-corrected chi connectivity index (χ2v) is 9.21. The van der Waals surface area contributed by atoms with E-state index in [0.29, 0.717) is 0 Å². The molecule has 0 unspecified atom stereocenters. The van der Waals surface area contributed by atoms with Gasteiger partial charge in [0.25, 0.3) is 0 Å². The Balaban J connectivity index is 2.56. The highest BCUT2D eigenvalue weighted by molar-refractivity contribution is 5.82. The molecule has 2 rings (SSSR count). The van der Waals surface area contributed by atoms with Crippen molar-refractivity contribution in [2.45, 2.75) is 85.5 Å². The molecule has 0 radical (unpaired) electrons. The molecule has 0 aliphatic heterocycles. The fraction of sp³-hybridized carbons (Fsp3) is 0.667. The van der Waals surface area contributed by atoms with Crippen LogP contribution in [0.2, 0.25) is 0 Å². The van der Waals surface area contributed by atoms with Gasteiger partial charge in [0, 0.05) is 11.1 Å². The van der Waals surface area contributed by atoms with Gasteiger partial charge in [-0.1, -0.05) is 66.2 Å². The molecule has 0 atom stereocenters. The average molecular weight is 316 g/mol. The Morgan fingerprint density at radius 2 is 1.48 bits per heavy atom. The largest absolute Gasteiger partial charge is 0.425 e. The number of rotatable bonds is 3. The van der Waals surface area contributed by atoms with Crippen molar-refractivity contribution in [2.75, 3.05) is 0 Å². The third-order valence-corrected chi connectivity index (χ3v) is 5.01. The summed E-state index contributed by atoms with van der Waals surface area (Å²) in [5.41, 5.74) is 3.12. The van der Waals surface area contributed by atoms with E-state index in [4.69, 9.17) is 4.74 Å². The van der Waals surface area contributed by atoms with E-state index in [0.717, 1.165) is 36.1 Å². The van der Waals surface area contributed by atoms with Gasteiger partial charge in [0.2, 0.25) is 0 Å². The van der Waals surface area contributed by atoms with Gasteiger partial charge in [-0.2, -0.15) is 0 Å². The van der Waals surface area contributed by atoms with Crippen LogP contribution >= 0.6 is 0 Å². The Morgan fingerprint density at radius 1 is 1.04 bits per heavy atom. The smallest absolute Gasteiger partial charge is 0.317 e. The molecule has 0 amide bonds. The van der Waals surface area contributed by atoms with E-state index < -0.39 is 0 Å². The van der Waals surface area contributed by atoms with Gasteiger partial charge >= 0.3 is 5.97 Å². The van der Waals surface area contributed by atoms with Crippen LogP contribution in [0, 0.1) is 12.3 Å². The Morgan fingerprint density at radius 3 is 1.78 bits per heavy atom. The van der Waals surface area contributed by atoms with Crippen molar-refractivity contribution >= 4 is 5.97 Å². The van der Waals surface area contributed by atoms with Crippen molar-refractivity contribution in [3.05, 3.63) is 28.8 Å². The van der Waals surface area contributed by atoms with Crippen LogP contribution in [0.3, 0.4) is 0 Å². The average Bonchev–Trinajstić information content (AvgIpc) is 3.18. The number of carbonyl (C=O) groups excluding carboxylic acids is 1. The molecule has 1 aliphatic carbocycles. The number of esters is 1. The first kappa shape index (κ1) is 18.0. The number of ether oxygens (including phenoxy) is 1. The summed E-state index contributed by atoms with van der Waals surface area (Å²) < 4.78 is 6.06. The molecule has 1 saturated carbocycles. The summed E-state index contributed by atoms with van der Waals surface area (Å²) in [6.45, 7) is 17.3. The topological polar surface area (TPSA) is 26.3 Å². The predicted molar refractivity (Wildman–Crippen MR) is 96.2 cm³/mol. The number of hydrogen-bond donors (Lipinski definition) is 0. The van der Waals surface area contributed by atoms with Gasteiger partial charge < -0.3 is 4.74 Å². The Bertz CT molecular complexity index is 573. The van der Waals surface area contributed by atoms with Crippen LogP contribution in [0.1, 0.15) is 84.4 Å². The van der Waals surface area contributed by atoms with Crippen LogP contribution in [0.5, 0.6) is 5.75 Å². The van der Waals surface area contributed by atoms with Crippen molar-refractivity contribution < 1.29 is 9.53 Å². The molecule has 23 heavy (non-hydrogen) atoms. The van der Waals surface area contributed by atoms with Gasteiger partial charge in [0.1, 0.15) is 5.75 Å². The van der Waals surface area contributed by atoms with Crippen LogP contribution in [0.25, 0.3) is 0 Å². The molecule has 1 fully saturated rings. The van der Waals surface area contributed by atoms with Crippen molar-refractivity contribution in [2.24, 2.45) is 5.41 Å². The maximum Gasteiger partial charge on any atom is 0.317 e. The molecule has 2 heteroatoms. The standard InChI is InChI=1S/C21H32O2/c1-9-21(10-11-21)18(22)23-17-15(19(3,4)5)12-14(2)13-16(17)20(6,7)8/h12-13H,9-11H2,1-8H3. The minimum atomic E-state index is -0.227. The first-order valence-corrected chi connectivity index (χ1v) is 8.78. The molecule has 1 aromatic carbocycles. The zero-order valence-electron chi connectivity index (χ0n) is 16.1. The van der Waals surface area contributed by atoms with Crippen molar-refractivity contribution in [3.63, 3.8) is 0 Å². The molecule has 1 aromatic rings. The molecule has 0 spiro atoms. The molecular formula is C21H32O2.